The number of aliphatic hydroxyl groups is 1. The van der Waals surface area contributed by atoms with Crippen molar-refractivity contribution in [2.24, 2.45) is 17.3 Å². The zero-order chi connectivity index (χ0) is 16.9. The molecular weight excluding hydrogens is 296 g/mol. The number of benzene rings is 1. The average molecular weight is 320 g/mol. The number of terminal acetylenes is 1. The summed E-state index contributed by atoms with van der Waals surface area (Å²) in [5.74, 6) is 10.1. The Morgan fingerprint density at radius 2 is 2.04 bits per heavy atom. The van der Waals surface area contributed by atoms with Crippen LogP contribution in [-0.4, -0.2) is 15.8 Å². The van der Waals surface area contributed by atoms with E-state index in [1.165, 1.54) is 11.1 Å². The van der Waals surface area contributed by atoms with E-state index in [1.807, 2.05) is 12.1 Å². The molecule has 3 aliphatic rings. The van der Waals surface area contributed by atoms with Gasteiger partial charge in [0.15, 0.2) is 0 Å². The van der Waals surface area contributed by atoms with Gasteiger partial charge in [-0.1, -0.05) is 18.9 Å². The molecule has 0 aliphatic heterocycles. The van der Waals surface area contributed by atoms with Gasteiger partial charge >= 0.3 is 0 Å². The molecule has 0 spiro atoms. The van der Waals surface area contributed by atoms with E-state index in [2.05, 4.69) is 30.8 Å². The predicted molar refractivity (Wildman–Crippen MR) is 94.3 cm³/mol. The Bertz CT molecular complexity index is 777. The first-order valence-corrected chi connectivity index (χ1v) is 9.00. The fourth-order valence-electron chi connectivity index (χ4n) is 5.93. The third-order valence-electron chi connectivity index (χ3n) is 7.20. The standard InChI is InChI=1S/C22H24O2/c1-3-4-11-22(24)13-10-20-19-7-5-15-14-16(23)6-8-17(15)18(19)9-12-21(20,22)2/h1,6,8,14,18-20,23-24H,5,7,9-10,12-13H2,2H3/t18-,19-,20+,21+,22+/m1/s1. The molecule has 5 atom stereocenters. The van der Waals surface area contributed by atoms with Gasteiger partial charge in [-0.2, -0.15) is 0 Å². The molecule has 0 bridgehead atoms. The fraction of sp³-hybridized carbons (Fsp3) is 0.545. The van der Waals surface area contributed by atoms with E-state index in [9.17, 15) is 10.2 Å². The van der Waals surface area contributed by atoms with Crippen molar-refractivity contribution < 1.29 is 10.2 Å². The van der Waals surface area contributed by atoms with Crippen LogP contribution in [0.4, 0.5) is 0 Å². The van der Waals surface area contributed by atoms with Crippen LogP contribution < -0.4 is 0 Å². The van der Waals surface area contributed by atoms with Crippen molar-refractivity contribution in [1.82, 2.24) is 0 Å². The second-order valence-electron chi connectivity index (χ2n) is 8.05. The van der Waals surface area contributed by atoms with Crippen LogP contribution in [0.25, 0.3) is 0 Å². The summed E-state index contributed by atoms with van der Waals surface area (Å²) in [6.45, 7) is 2.22. The van der Waals surface area contributed by atoms with Gasteiger partial charge in [0.1, 0.15) is 11.4 Å². The highest BCUT2D eigenvalue weighted by Crippen LogP contribution is 2.64. The number of aromatic hydroxyl groups is 1. The van der Waals surface area contributed by atoms with Gasteiger partial charge in [-0.15, -0.1) is 6.42 Å². The minimum Gasteiger partial charge on any atom is -0.508 e. The number of phenols is 1. The highest BCUT2D eigenvalue weighted by atomic mass is 16.3. The van der Waals surface area contributed by atoms with Crippen molar-refractivity contribution in [3.8, 4) is 29.9 Å². The van der Waals surface area contributed by atoms with Gasteiger partial charge in [0.25, 0.3) is 0 Å². The molecule has 2 fully saturated rings. The molecule has 124 valence electrons. The fourth-order valence-corrected chi connectivity index (χ4v) is 5.93. The maximum Gasteiger partial charge on any atom is 0.132 e. The van der Waals surface area contributed by atoms with Crippen LogP contribution in [0.3, 0.4) is 0 Å². The number of hydrogen-bond acceptors (Lipinski definition) is 2. The van der Waals surface area contributed by atoms with E-state index < -0.39 is 5.60 Å². The zero-order valence-corrected chi connectivity index (χ0v) is 14.2. The molecule has 2 heteroatoms. The summed E-state index contributed by atoms with van der Waals surface area (Å²) in [5, 5.41) is 21.0. The average Bonchev–Trinajstić information content (AvgIpc) is 2.84. The quantitative estimate of drug-likeness (QED) is 0.717. The monoisotopic (exact) mass is 320 g/mol. The van der Waals surface area contributed by atoms with Gasteiger partial charge in [0.05, 0.1) is 0 Å². The van der Waals surface area contributed by atoms with Crippen molar-refractivity contribution in [3.05, 3.63) is 29.3 Å². The van der Waals surface area contributed by atoms with Crippen LogP contribution in [-0.2, 0) is 6.42 Å². The Balaban J connectivity index is 1.70. The lowest BCUT2D eigenvalue weighted by atomic mass is 9.53. The molecule has 1 aromatic rings. The maximum atomic E-state index is 11.2. The number of hydrogen-bond donors (Lipinski definition) is 2. The highest BCUT2D eigenvalue weighted by molar-refractivity contribution is 5.41. The van der Waals surface area contributed by atoms with Gasteiger partial charge in [-0.05, 0) is 91.4 Å². The van der Waals surface area contributed by atoms with Crippen molar-refractivity contribution in [3.63, 3.8) is 0 Å². The molecular formula is C22H24O2. The summed E-state index contributed by atoms with van der Waals surface area (Å²) in [6, 6.07) is 5.87. The minimum atomic E-state index is -0.940. The molecule has 3 aliphatic carbocycles. The van der Waals surface area contributed by atoms with E-state index >= 15 is 0 Å². The van der Waals surface area contributed by atoms with Gasteiger partial charge in [0.2, 0.25) is 0 Å². The Labute approximate surface area is 144 Å². The SMILES string of the molecule is C#CC#C[C@]1(O)CC[C@H]2[C@@H]3CCc4cc(O)ccc4[C@H]3CC[C@@]21C. The largest absolute Gasteiger partial charge is 0.508 e. The normalized spacial score (nSPS) is 39.6. The van der Waals surface area contributed by atoms with Crippen molar-refractivity contribution >= 4 is 0 Å². The molecule has 0 heterocycles. The number of rotatable bonds is 0. The Morgan fingerprint density at radius 3 is 2.83 bits per heavy atom. The molecule has 0 aromatic heterocycles. The summed E-state index contributed by atoms with van der Waals surface area (Å²) in [7, 11) is 0. The first-order chi connectivity index (χ1) is 11.5. The van der Waals surface area contributed by atoms with E-state index in [1.54, 1.807) is 0 Å². The lowest BCUT2D eigenvalue weighted by Gasteiger charge is -2.52. The first kappa shape index (κ1) is 15.6. The van der Waals surface area contributed by atoms with Gasteiger partial charge in [-0.25, -0.2) is 0 Å². The van der Waals surface area contributed by atoms with Gasteiger partial charge in [-0.3, -0.25) is 0 Å². The Kier molecular flexibility index (Phi) is 3.45. The Hall–Kier alpha value is -1.90. The molecule has 0 saturated heterocycles. The lowest BCUT2D eigenvalue weighted by molar-refractivity contribution is -0.0647. The molecule has 0 radical (unpaired) electrons. The van der Waals surface area contributed by atoms with E-state index in [-0.39, 0.29) is 5.41 Å². The molecule has 24 heavy (non-hydrogen) atoms. The summed E-state index contributed by atoms with van der Waals surface area (Å²) in [4.78, 5) is 0. The molecule has 2 nitrogen and oxygen atoms in total. The van der Waals surface area contributed by atoms with Crippen molar-refractivity contribution in [2.45, 2.75) is 57.0 Å². The predicted octanol–water partition coefficient (Wildman–Crippen LogP) is 3.62. The molecule has 2 N–H and O–H groups in total. The van der Waals surface area contributed by atoms with E-state index in [0.717, 1.165) is 38.5 Å². The van der Waals surface area contributed by atoms with E-state index in [4.69, 9.17) is 6.42 Å². The topological polar surface area (TPSA) is 40.5 Å². The maximum absolute atomic E-state index is 11.2. The molecule has 1 aromatic carbocycles. The molecule has 2 saturated carbocycles. The number of aryl methyl sites for hydroxylation is 1. The minimum absolute atomic E-state index is 0.160. The van der Waals surface area contributed by atoms with Gasteiger partial charge < -0.3 is 10.2 Å². The number of fused-ring (bicyclic) bond motifs is 5. The first-order valence-electron chi connectivity index (χ1n) is 9.00. The van der Waals surface area contributed by atoms with Crippen molar-refractivity contribution in [2.75, 3.05) is 0 Å². The summed E-state index contributed by atoms with van der Waals surface area (Å²) >= 11 is 0. The van der Waals surface area contributed by atoms with Crippen LogP contribution in [0.2, 0.25) is 0 Å². The Morgan fingerprint density at radius 1 is 1.21 bits per heavy atom. The van der Waals surface area contributed by atoms with Crippen molar-refractivity contribution in [1.29, 1.82) is 0 Å². The summed E-state index contributed by atoms with van der Waals surface area (Å²) < 4.78 is 0. The van der Waals surface area contributed by atoms with Crippen LogP contribution in [0.1, 0.15) is 56.1 Å². The summed E-state index contributed by atoms with van der Waals surface area (Å²) in [6.07, 6.45) is 11.3. The highest BCUT2D eigenvalue weighted by Gasteiger charge is 2.61. The van der Waals surface area contributed by atoms with Crippen LogP contribution in [0.15, 0.2) is 18.2 Å². The third kappa shape index (κ3) is 2.03. The van der Waals surface area contributed by atoms with Crippen LogP contribution >= 0.6 is 0 Å². The third-order valence-corrected chi connectivity index (χ3v) is 7.20. The molecule has 0 amide bonds. The summed E-state index contributed by atoms with van der Waals surface area (Å²) in [5.41, 5.74) is 1.62. The van der Waals surface area contributed by atoms with Crippen LogP contribution in [0, 0.1) is 41.4 Å². The second-order valence-corrected chi connectivity index (χ2v) is 8.05. The van der Waals surface area contributed by atoms with E-state index in [0.29, 0.717) is 23.5 Å². The molecule has 4 rings (SSSR count). The molecule has 0 unspecified atom stereocenters. The zero-order valence-electron chi connectivity index (χ0n) is 14.2. The number of phenolic OH excluding ortho intramolecular Hbond substituents is 1. The van der Waals surface area contributed by atoms with Gasteiger partial charge in [0, 0.05) is 5.41 Å². The van der Waals surface area contributed by atoms with Crippen LogP contribution in [0.5, 0.6) is 5.75 Å². The smallest absolute Gasteiger partial charge is 0.132 e. The second kappa shape index (κ2) is 5.30. The lowest BCUT2D eigenvalue weighted by Crippen LogP contribution is -2.50.